The second-order valence-corrected chi connectivity index (χ2v) is 9.33. The van der Waals surface area contributed by atoms with Crippen LogP contribution in [0.2, 0.25) is 0 Å². The lowest BCUT2D eigenvalue weighted by atomic mass is 9.88. The average molecular weight is 398 g/mol. The molecule has 4 rings (SSSR count). The van der Waals surface area contributed by atoms with Crippen LogP contribution in [-0.4, -0.2) is 28.8 Å². The zero-order valence-corrected chi connectivity index (χ0v) is 17.4. The normalized spacial score (nSPS) is 25.4. The SMILES string of the molecule is NC1CCC(N(Cc2cccc(NC(=O)C3CCCCC3)c2)C(=O)C2CC2)CC1. The largest absolute Gasteiger partial charge is 0.335 e. The van der Waals surface area contributed by atoms with Gasteiger partial charge in [0.1, 0.15) is 0 Å². The zero-order chi connectivity index (χ0) is 20.2. The van der Waals surface area contributed by atoms with E-state index >= 15 is 0 Å². The number of anilines is 1. The molecule has 5 heteroatoms. The molecule has 158 valence electrons. The lowest BCUT2D eigenvalue weighted by molar-refractivity contribution is -0.136. The van der Waals surface area contributed by atoms with Crippen molar-refractivity contribution in [1.82, 2.24) is 4.90 Å². The third-order valence-corrected chi connectivity index (χ3v) is 6.92. The van der Waals surface area contributed by atoms with Crippen LogP contribution < -0.4 is 11.1 Å². The lowest BCUT2D eigenvalue weighted by Crippen LogP contribution is -2.44. The molecule has 0 bridgehead atoms. The highest BCUT2D eigenvalue weighted by molar-refractivity contribution is 5.92. The predicted molar refractivity (Wildman–Crippen MR) is 115 cm³/mol. The molecule has 1 aromatic carbocycles. The van der Waals surface area contributed by atoms with Crippen molar-refractivity contribution in [2.24, 2.45) is 17.6 Å². The van der Waals surface area contributed by atoms with Crippen LogP contribution >= 0.6 is 0 Å². The van der Waals surface area contributed by atoms with Gasteiger partial charge in [0.25, 0.3) is 0 Å². The van der Waals surface area contributed by atoms with Gasteiger partial charge in [0, 0.05) is 36.2 Å². The lowest BCUT2D eigenvalue weighted by Gasteiger charge is -2.36. The van der Waals surface area contributed by atoms with Crippen molar-refractivity contribution in [3.8, 4) is 0 Å². The van der Waals surface area contributed by atoms with E-state index in [0.29, 0.717) is 18.5 Å². The highest BCUT2D eigenvalue weighted by atomic mass is 16.2. The van der Waals surface area contributed by atoms with E-state index in [1.54, 1.807) is 0 Å². The first-order valence-corrected chi connectivity index (χ1v) is 11.6. The van der Waals surface area contributed by atoms with Crippen molar-refractivity contribution >= 4 is 17.5 Å². The number of hydrogen-bond donors (Lipinski definition) is 2. The minimum atomic E-state index is 0.145. The second-order valence-electron chi connectivity index (χ2n) is 9.33. The maximum Gasteiger partial charge on any atom is 0.227 e. The van der Waals surface area contributed by atoms with Gasteiger partial charge in [0.15, 0.2) is 0 Å². The Morgan fingerprint density at radius 2 is 1.66 bits per heavy atom. The molecule has 0 unspecified atom stereocenters. The number of carbonyl (C=O) groups excluding carboxylic acids is 2. The van der Waals surface area contributed by atoms with Gasteiger partial charge >= 0.3 is 0 Å². The first kappa shape index (κ1) is 20.4. The summed E-state index contributed by atoms with van der Waals surface area (Å²) in [6.45, 7) is 0.627. The van der Waals surface area contributed by atoms with Crippen LogP contribution in [0.1, 0.15) is 76.2 Å². The van der Waals surface area contributed by atoms with E-state index in [1.165, 1.54) is 6.42 Å². The number of amides is 2. The fourth-order valence-electron chi connectivity index (χ4n) is 4.92. The minimum Gasteiger partial charge on any atom is -0.335 e. The molecule has 0 aliphatic heterocycles. The number of nitrogens with zero attached hydrogens (tertiary/aromatic N) is 1. The molecule has 5 nitrogen and oxygen atoms in total. The Bertz CT molecular complexity index is 717. The fraction of sp³-hybridized carbons (Fsp3) is 0.667. The van der Waals surface area contributed by atoms with Crippen molar-refractivity contribution < 1.29 is 9.59 Å². The van der Waals surface area contributed by atoms with Gasteiger partial charge in [0.05, 0.1) is 0 Å². The summed E-state index contributed by atoms with van der Waals surface area (Å²) in [5, 5.41) is 3.12. The monoisotopic (exact) mass is 397 g/mol. The predicted octanol–water partition coefficient (Wildman–Crippen LogP) is 4.21. The molecular formula is C24H35N3O2. The van der Waals surface area contributed by atoms with Crippen molar-refractivity contribution in [2.45, 2.75) is 89.3 Å². The van der Waals surface area contributed by atoms with Gasteiger partial charge in [-0.1, -0.05) is 31.4 Å². The molecule has 3 saturated carbocycles. The van der Waals surface area contributed by atoms with E-state index in [9.17, 15) is 9.59 Å². The van der Waals surface area contributed by atoms with Crippen molar-refractivity contribution in [2.75, 3.05) is 5.32 Å². The maximum absolute atomic E-state index is 13.0. The molecule has 2 amide bonds. The Balaban J connectivity index is 1.42. The van der Waals surface area contributed by atoms with Crippen LogP contribution in [0.3, 0.4) is 0 Å². The van der Waals surface area contributed by atoms with Crippen LogP contribution in [0, 0.1) is 11.8 Å². The summed E-state index contributed by atoms with van der Waals surface area (Å²) in [7, 11) is 0. The Kier molecular flexibility index (Phi) is 6.53. The molecule has 0 atom stereocenters. The quantitative estimate of drug-likeness (QED) is 0.755. The maximum atomic E-state index is 13.0. The number of hydrogen-bond acceptors (Lipinski definition) is 3. The average Bonchev–Trinajstić information content (AvgIpc) is 3.59. The van der Waals surface area contributed by atoms with Crippen molar-refractivity contribution in [3.63, 3.8) is 0 Å². The molecule has 0 saturated heterocycles. The topological polar surface area (TPSA) is 75.4 Å². The molecule has 3 N–H and O–H groups in total. The molecule has 0 heterocycles. The first-order valence-electron chi connectivity index (χ1n) is 11.6. The van der Waals surface area contributed by atoms with Crippen LogP contribution in [0.25, 0.3) is 0 Å². The summed E-state index contributed by atoms with van der Waals surface area (Å²) in [5.74, 6) is 0.822. The highest BCUT2D eigenvalue weighted by Crippen LogP contribution is 2.34. The van der Waals surface area contributed by atoms with Gasteiger partial charge in [0.2, 0.25) is 11.8 Å². The van der Waals surface area contributed by atoms with Gasteiger partial charge in [-0.15, -0.1) is 0 Å². The van der Waals surface area contributed by atoms with Gasteiger partial charge in [-0.25, -0.2) is 0 Å². The molecule has 0 radical (unpaired) electrons. The van der Waals surface area contributed by atoms with Crippen LogP contribution in [0.5, 0.6) is 0 Å². The van der Waals surface area contributed by atoms with Crippen molar-refractivity contribution in [1.29, 1.82) is 0 Å². The number of benzene rings is 1. The molecule has 0 aromatic heterocycles. The van der Waals surface area contributed by atoms with Crippen molar-refractivity contribution in [3.05, 3.63) is 29.8 Å². The highest BCUT2D eigenvalue weighted by Gasteiger charge is 2.37. The minimum absolute atomic E-state index is 0.145. The molecule has 3 fully saturated rings. The van der Waals surface area contributed by atoms with E-state index in [4.69, 9.17) is 5.73 Å². The molecule has 0 spiro atoms. The Labute approximate surface area is 174 Å². The summed E-state index contributed by atoms with van der Waals surface area (Å²) in [6, 6.07) is 8.63. The van der Waals surface area contributed by atoms with Crippen LogP contribution in [-0.2, 0) is 16.1 Å². The van der Waals surface area contributed by atoms with Gasteiger partial charge < -0.3 is 16.0 Å². The molecule has 3 aliphatic carbocycles. The fourth-order valence-corrected chi connectivity index (χ4v) is 4.92. The number of rotatable bonds is 6. The molecule has 1 aromatic rings. The molecular weight excluding hydrogens is 362 g/mol. The van der Waals surface area contributed by atoms with Gasteiger partial charge in [-0.05, 0) is 69.1 Å². The Morgan fingerprint density at radius 3 is 2.34 bits per heavy atom. The summed E-state index contributed by atoms with van der Waals surface area (Å²) in [5.41, 5.74) is 8.02. The summed E-state index contributed by atoms with van der Waals surface area (Å²) in [6.07, 6.45) is 11.6. The summed E-state index contributed by atoms with van der Waals surface area (Å²) in [4.78, 5) is 27.7. The number of carbonyl (C=O) groups is 2. The molecule has 3 aliphatic rings. The summed E-state index contributed by atoms with van der Waals surface area (Å²) >= 11 is 0. The molecule has 29 heavy (non-hydrogen) atoms. The zero-order valence-electron chi connectivity index (χ0n) is 17.4. The standard InChI is InChI=1S/C24H35N3O2/c25-20-11-13-22(14-12-20)27(24(29)19-9-10-19)16-17-5-4-8-21(15-17)26-23(28)18-6-2-1-3-7-18/h4-5,8,15,18-20,22H,1-3,6-7,9-14,16,25H2,(H,26,28). The van der Waals surface area contributed by atoms with E-state index in [0.717, 1.165) is 75.5 Å². The third kappa shape index (κ3) is 5.39. The smallest absolute Gasteiger partial charge is 0.227 e. The van der Waals surface area contributed by atoms with E-state index in [-0.39, 0.29) is 23.8 Å². The Morgan fingerprint density at radius 1 is 0.931 bits per heavy atom. The van der Waals surface area contributed by atoms with E-state index in [2.05, 4.69) is 16.3 Å². The summed E-state index contributed by atoms with van der Waals surface area (Å²) < 4.78 is 0. The number of nitrogens with two attached hydrogens (primary N) is 1. The first-order chi connectivity index (χ1) is 14.1. The van der Waals surface area contributed by atoms with E-state index < -0.39 is 0 Å². The third-order valence-electron chi connectivity index (χ3n) is 6.92. The Hall–Kier alpha value is -1.88. The number of nitrogens with one attached hydrogen (secondary N) is 1. The van der Waals surface area contributed by atoms with Crippen LogP contribution in [0.4, 0.5) is 5.69 Å². The second kappa shape index (κ2) is 9.29. The van der Waals surface area contributed by atoms with Gasteiger partial charge in [-0.2, -0.15) is 0 Å². The van der Waals surface area contributed by atoms with Gasteiger partial charge in [-0.3, -0.25) is 9.59 Å². The van der Waals surface area contributed by atoms with Crippen LogP contribution in [0.15, 0.2) is 24.3 Å². The van der Waals surface area contributed by atoms with E-state index in [1.807, 2.05) is 18.2 Å².